The van der Waals surface area contributed by atoms with E-state index < -0.39 is 29.4 Å². The number of amides is 1. The van der Waals surface area contributed by atoms with Crippen LogP contribution in [0, 0.1) is 11.2 Å². The Morgan fingerprint density at radius 3 is 2.46 bits per heavy atom. The summed E-state index contributed by atoms with van der Waals surface area (Å²) in [6, 6.07) is 6.27. The van der Waals surface area contributed by atoms with Crippen molar-refractivity contribution in [2.75, 3.05) is 6.54 Å². The molecule has 128 valence electrons. The first-order chi connectivity index (χ1) is 11.1. The molecule has 1 N–H and O–H groups in total. The molecule has 0 aromatic heterocycles. The number of carbonyl (C=O) groups is 1. The van der Waals surface area contributed by atoms with Crippen LogP contribution in [0.3, 0.4) is 0 Å². The maximum Gasteiger partial charge on any atom is 0.409 e. The van der Waals surface area contributed by atoms with Crippen LogP contribution in [0.2, 0.25) is 0 Å². The summed E-state index contributed by atoms with van der Waals surface area (Å²) < 4.78 is 55.2. The van der Waals surface area contributed by atoms with E-state index in [1.165, 1.54) is 12.1 Å². The van der Waals surface area contributed by atoms with E-state index in [0.29, 0.717) is 10.8 Å². The molecule has 2 aromatic carbocycles. The SMILES string of the molecule is CC1(C)CN(C(c2cc(F)cc3ccccc23)C(F)(F)F)NC1=O. The highest BCUT2D eigenvalue weighted by Crippen LogP contribution is 2.42. The van der Waals surface area contributed by atoms with E-state index in [0.717, 1.165) is 11.1 Å². The summed E-state index contributed by atoms with van der Waals surface area (Å²) in [6.07, 6.45) is -4.68. The van der Waals surface area contributed by atoms with Crippen LogP contribution in [0.4, 0.5) is 17.6 Å². The van der Waals surface area contributed by atoms with Crippen molar-refractivity contribution in [3.05, 3.63) is 47.8 Å². The van der Waals surface area contributed by atoms with Crippen molar-refractivity contribution in [1.82, 2.24) is 10.4 Å². The molecule has 1 heterocycles. The number of benzene rings is 2. The van der Waals surface area contributed by atoms with Crippen LogP contribution in [-0.2, 0) is 4.79 Å². The summed E-state index contributed by atoms with van der Waals surface area (Å²) in [7, 11) is 0. The van der Waals surface area contributed by atoms with Gasteiger partial charge in [-0.2, -0.15) is 13.2 Å². The summed E-state index contributed by atoms with van der Waals surface area (Å²) in [4.78, 5) is 11.9. The number of alkyl halides is 3. The van der Waals surface area contributed by atoms with Crippen LogP contribution in [0.15, 0.2) is 36.4 Å². The van der Waals surface area contributed by atoms with Gasteiger partial charge in [0.25, 0.3) is 0 Å². The molecule has 3 nitrogen and oxygen atoms in total. The predicted molar refractivity (Wildman–Crippen MR) is 81.3 cm³/mol. The Hall–Kier alpha value is -2.15. The minimum Gasteiger partial charge on any atom is -0.287 e. The molecule has 3 rings (SSSR count). The van der Waals surface area contributed by atoms with E-state index in [-0.39, 0.29) is 12.1 Å². The second kappa shape index (κ2) is 5.44. The van der Waals surface area contributed by atoms with E-state index in [1.807, 2.05) is 0 Å². The lowest BCUT2D eigenvalue weighted by molar-refractivity contribution is -0.191. The minimum atomic E-state index is -4.68. The summed E-state index contributed by atoms with van der Waals surface area (Å²) in [5, 5.41) is 1.54. The standard InChI is InChI=1S/C17H16F4N2O/c1-16(2)9-23(22-15(16)24)14(17(19,20)21)13-8-11(18)7-10-5-3-4-6-12(10)13/h3-8,14H,9H2,1-2H3,(H,22,24). The number of rotatable bonds is 2. The van der Waals surface area contributed by atoms with E-state index in [1.54, 1.807) is 32.0 Å². The largest absolute Gasteiger partial charge is 0.409 e. The van der Waals surface area contributed by atoms with Crippen LogP contribution in [0.1, 0.15) is 25.5 Å². The molecule has 0 bridgehead atoms. The monoisotopic (exact) mass is 340 g/mol. The molecule has 2 aromatic rings. The van der Waals surface area contributed by atoms with Crippen molar-refractivity contribution < 1.29 is 22.4 Å². The molecule has 1 amide bonds. The van der Waals surface area contributed by atoms with E-state index in [2.05, 4.69) is 5.43 Å². The van der Waals surface area contributed by atoms with Crippen molar-refractivity contribution in [3.63, 3.8) is 0 Å². The van der Waals surface area contributed by atoms with E-state index >= 15 is 0 Å². The van der Waals surface area contributed by atoms with Crippen LogP contribution in [0.5, 0.6) is 0 Å². The van der Waals surface area contributed by atoms with Crippen LogP contribution in [-0.4, -0.2) is 23.6 Å². The van der Waals surface area contributed by atoms with Gasteiger partial charge in [0.15, 0.2) is 6.04 Å². The van der Waals surface area contributed by atoms with Crippen molar-refractivity contribution in [3.8, 4) is 0 Å². The lowest BCUT2D eigenvalue weighted by Crippen LogP contribution is -2.43. The number of nitrogens with zero attached hydrogens (tertiary/aromatic N) is 1. The van der Waals surface area contributed by atoms with Gasteiger partial charge in [0, 0.05) is 6.54 Å². The number of carbonyl (C=O) groups excluding carboxylic acids is 1. The lowest BCUT2D eigenvalue weighted by Gasteiger charge is -2.30. The molecular weight excluding hydrogens is 324 g/mol. The Balaban J connectivity index is 2.17. The predicted octanol–water partition coefficient (Wildman–Crippen LogP) is 3.96. The van der Waals surface area contributed by atoms with Gasteiger partial charge in [0.05, 0.1) is 5.41 Å². The number of hydrogen-bond donors (Lipinski definition) is 1. The normalized spacial score (nSPS) is 19.5. The summed E-state index contributed by atoms with van der Waals surface area (Å²) in [6.45, 7) is 3.01. The van der Waals surface area contributed by atoms with Gasteiger partial charge < -0.3 is 0 Å². The third-order valence-electron chi connectivity index (χ3n) is 4.20. The van der Waals surface area contributed by atoms with E-state index in [9.17, 15) is 22.4 Å². The van der Waals surface area contributed by atoms with Crippen LogP contribution >= 0.6 is 0 Å². The Morgan fingerprint density at radius 1 is 1.21 bits per heavy atom. The molecule has 0 aliphatic carbocycles. The zero-order valence-electron chi connectivity index (χ0n) is 13.1. The Kier molecular flexibility index (Phi) is 3.79. The summed E-state index contributed by atoms with van der Waals surface area (Å²) >= 11 is 0. The number of hydrazine groups is 1. The summed E-state index contributed by atoms with van der Waals surface area (Å²) in [5.41, 5.74) is 1.12. The second-order valence-electron chi connectivity index (χ2n) is 6.61. The topological polar surface area (TPSA) is 32.3 Å². The molecule has 1 saturated heterocycles. The van der Waals surface area contributed by atoms with Gasteiger partial charge in [-0.25, -0.2) is 9.40 Å². The average Bonchev–Trinajstić information content (AvgIpc) is 2.70. The third kappa shape index (κ3) is 2.84. The highest BCUT2D eigenvalue weighted by Gasteiger charge is 2.51. The van der Waals surface area contributed by atoms with Gasteiger partial charge in [-0.15, -0.1) is 0 Å². The Bertz CT molecular complexity index is 801. The van der Waals surface area contributed by atoms with Crippen LogP contribution in [0.25, 0.3) is 10.8 Å². The van der Waals surface area contributed by atoms with Crippen molar-refractivity contribution in [1.29, 1.82) is 0 Å². The van der Waals surface area contributed by atoms with Crippen molar-refractivity contribution >= 4 is 16.7 Å². The maximum atomic E-state index is 13.9. The van der Waals surface area contributed by atoms with Gasteiger partial charge in [-0.1, -0.05) is 24.3 Å². The van der Waals surface area contributed by atoms with Gasteiger partial charge >= 0.3 is 6.18 Å². The fourth-order valence-electron chi connectivity index (χ4n) is 3.02. The molecule has 0 saturated carbocycles. The van der Waals surface area contributed by atoms with E-state index in [4.69, 9.17) is 0 Å². The van der Waals surface area contributed by atoms with Crippen LogP contribution < -0.4 is 5.43 Å². The molecule has 1 aliphatic rings. The first-order valence-electron chi connectivity index (χ1n) is 7.42. The average molecular weight is 340 g/mol. The lowest BCUT2D eigenvalue weighted by atomic mass is 9.93. The smallest absolute Gasteiger partial charge is 0.287 e. The molecule has 0 radical (unpaired) electrons. The first kappa shape index (κ1) is 16.7. The van der Waals surface area contributed by atoms with Gasteiger partial charge in [-0.3, -0.25) is 10.2 Å². The Morgan fingerprint density at radius 2 is 1.88 bits per heavy atom. The third-order valence-corrected chi connectivity index (χ3v) is 4.20. The molecule has 24 heavy (non-hydrogen) atoms. The second-order valence-corrected chi connectivity index (χ2v) is 6.61. The van der Waals surface area contributed by atoms with Crippen molar-refractivity contribution in [2.24, 2.45) is 5.41 Å². The molecule has 1 unspecified atom stereocenters. The number of nitrogens with one attached hydrogen (secondary N) is 1. The minimum absolute atomic E-state index is 0.124. The zero-order valence-corrected chi connectivity index (χ0v) is 13.1. The molecule has 0 spiro atoms. The number of fused-ring (bicyclic) bond motifs is 1. The van der Waals surface area contributed by atoms with Gasteiger partial charge in [-0.05, 0) is 42.3 Å². The van der Waals surface area contributed by atoms with Crippen molar-refractivity contribution in [2.45, 2.75) is 26.1 Å². The molecule has 7 heteroatoms. The number of hydrogen-bond acceptors (Lipinski definition) is 2. The molecule has 1 atom stereocenters. The first-order valence-corrected chi connectivity index (χ1v) is 7.42. The fraction of sp³-hybridized carbons (Fsp3) is 0.353. The maximum absolute atomic E-state index is 13.9. The zero-order chi connectivity index (χ0) is 17.7. The highest BCUT2D eigenvalue weighted by atomic mass is 19.4. The summed E-state index contributed by atoms with van der Waals surface area (Å²) in [5.74, 6) is -1.24. The van der Waals surface area contributed by atoms with Gasteiger partial charge in [0.2, 0.25) is 5.91 Å². The number of halogens is 4. The Labute approximate surface area is 136 Å². The fourth-order valence-corrected chi connectivity index (χ4v) is 3.02. The van der Waals surface area contributed by atoms with Gasteiger partial charge in [0.1, 0.15) is 5.82 Å². The quantitative estimate of drug-likeness (QED) is 0.840. The molecule has 1 aliphatic heterocycles. The molecular formula is C17H16F4N2O. The highest BCUT2D eigenvalue weighted by molar-refractivity contribution is 5.87. The molecule has 1 fully saturated rings.